The number of morpholine rings is 1. The number of aromatic nitrogens is 2. The molecule has 0 spiro atoms. The van der Waals surface area contributed by atoms with Crippen molar-refractivity contribution in [2.75, 3.05) is 32.9 Å². The predicted molar refractivity (Wildman–Crippen MR) is 91.7 cm³/mol. The highest BCUT2D eigenvalue weighted by Crippen LogP contribution is 2.29. The number of carbonyl (C=O) groups is 1. The number of hydrogen-bond donors (Lipinski definition) is 1. The molecule has 0 bridgehead atoms. The number of carbonyl (C=O) groups excluding carboxylic acids is 1. The maximum atomic E-state index is 12.5. The van der Waals surface area contributed by atoms with Gasteiger partial charge in [-0.2, -0.15) is 0 Å². The zero-order valence-electron chi connectivity index (χ0n) is 14.0. The molecule has 0 saturated carbocycles. The van der Waals surface area contributed by atoms with E-state index in [4.69, 9.17) is 9.47 Å². The Kier molecular flexibility index (Phi) is 4.98. The van der Waals surface area contributed by atoms with Crippen molar-refractivity contribution in [3.05, 3.63) is 26.6 Å². The summed E-state index contributed by atoms with van der Waals surface area (Å²) in [7, 11) is 0. The molecule has 1 aliphatic heterocycles. The van der Waals surface area contributed by atoms with Gasteiger partial charge < -0.3 is 14.5 Å². The van der Waals surface area contributed by atoms with Gasteiger partial charge in [0.05, 0.1) is 31.2 Å². The molecule has 8 heteroatoms. The fourth-order valence-corrected chi connectivity index (χ4v) is 3.97. The molecule has 1 aliphatic rings. The zero-order chi connectivity index (χ0) is 17.3. The van der Waals surface area contributed by atoms with Crippen molar-refractivity contribution in [1.82, 2.24) is 14.9 Å². The first kappa shape index (κ1) is 17.1. The van der Waals surface area contributed by atoms with Gasteiger partial charge in [-0.1, -0.05) is 0 Å². The van der Waals surface area contributed by atoms with E-state index < -0.39 is 5.97 Å². The Morgan fingerprint density at radius 3 is 2.83 bits per heavy atom. The van der Waals surface area contributed by atoms with Crippen LogP contribution in [0.5, 0.6) is 0 Å². The Balaban J connectivity index is 2.00. The molecular formula is C16H21N3O4S. The molecule has 1 N–H and O–H groups in total. The molecule has 0 aromatic carbocycles. The quantitative estimate of drug-likeness (QED) is 0.847. The van der Waals surface area contributed by atoms with E-state index in [1.165, 1.54) is 11.3 Å². The Bertz CT molecular complexity index is 807. The Hall–Kier alpha value is -1.77. The van der Waals surface area contributed by atoms with Crippen molar-refractivity contribution in [2.24, 2.45) is 0 Å². The van der Waals surface area contributed by atoms with Gasteiger partial charge in [0, 0.05) is 13.1 Å². The van der Waals surface area contributed by atoms with Crippen molar-refractivity contribution in [1.29, 1.82) is 0 Å². The maximum absolute atomic E-state index is 12.5. The summed E-state index contributed by atoms with van der Waals surface area (Å²) in [5.41, 5.74) is 0.423. The minimum atomic E-state index is -0.403. The third kappa shape index (κ3) is 3.09. The van der Waals surface area contributed by atoms with Crippen molar-refractivity contribution in [3.8, 4) is 0 Å². The molecular weight excluding hydrogens is 330 g/mol. The van der Waals surface area contributed by atoms with E-state index in [0.29, 0.717) is 46.3 Å². The Morgan fingerprint density at radius 1 is 1.46 bits per heavy atom. The summed E-state index contributed by atoms with van der Waals surface area (Å²) >= 11 is 1.22. The normalized spacial score (nSPS) is 17.1. The zero-order valence-corrected chi connectivity index (χ0v) is 14.9. The second-order valence-corrected chi connectivity index (χ2v) is 6.73. The van der Waals surface area contributed by atoms with Crippen LogP contribution in [0.4, 0.5) is 0 Å². The average Bonchev–Trinajstić information content (AvgIpc) is 2.92. The molecule has 3 heterocycles. The van der Waals surface area contributed by atoms with E-state index >= 15 is 0 Å². The predicted octanol–water partition coefficient (Wildman–Crippen LogP) is 1.86. The molecule has 1 saturated heterocycles. The van der Waals surface area contributed by atoms with Crippen LogP contribution in [0.3, 0.4) is 0 Å². The summed E-state index contributed by atoms with van der Waals surface area (Å²) in [6.07, 6.45) is 0. The standard InChI is InChI=1S/C16H21N3O4S/c1-4-23-16(21)12-9(2)11-14(20)17-13(18-15(11)24-12)10(3)19-5-7-22-8-6-19/h10H,4-8H2,1-3H3,(H,17,18,20)/t10-/m0/s1. The van der Waals surface area contributed by atoms with Crippen molar-refractivity contribution < 1.29 is 14.3 Å². The summed E-state index contributed by atoms with van der Waals surface area (Å²) in [5.74, 6) is 0.214. The van der Waals surface area contributed by atoms with Gasteiger partial charge in [-0.3, -0.25) is 9.69 Å². The average molecular weight is 351 g/mol. The van der Waals surface area contributed by atoms with Crippen molar-refractivity contribution in [2.45, 2.75) is 26.8 Å². The molecule has 0 aliphatic carbocycles. The lowest BCUT2D eigenvalue weighted by Gasteiger charge is -2.31. The van der Waals surface area contributed by atoms with Gasteiger partial charge >= 0.3 is 5.97 Å². The van der Waals surface area contributed by atoms with Crippen molar-refractivity contribution in [3.63, 3.8) is 0 Å². The summed E-state index contributed by atoms with van der Waals surface area (Å²) in [6.45, 7) is 8.81. The number of hydrogen-bond acceptors (Lipinski definition) is 7. The van der Waals surface area contributed by atoms with Crippen LogP contribution in [-0.4, -0.2) is 53.7 Å². The van der Waals surface area contributed by atoms with Gasteiger partial charge in [-0.05, 0) is 26.3 Å². The fourth-order valence-electron chi connectivity index (χ4n) is 2.89. The van der Waals surface area contributed by atoms with Crippen LogP contribution >= 0.6 is 11.3 Å². The number of nitrogens with one attached hydrogen (secondary N) is 1. The first-order valence-electron chi connectivity index (χ1n) is 8.05. The fraction of sp³-hybridized carbons (Fsp3) is 0.562. The number of H-pyrrole nitrogens is 1. The van der Waals surface area contributed by atoms with Gasteiger partial charge in [-0.15, -0.1) is 11.3 Å². The first-order chi connectivity index (χ1) is 11.5. The van der Waals surface area contributed by atoms with Crippen molar-refractivity contribution >= 4 is 27.5 Å². The van der Waals surface area contributed by atoms with E-state index in [9.17, 15) is 9.59 Å². The monoisotopic (exact) mass is 351 g/mol. The van der Waals surface area contributed by atoms with E-state index in [0.717, 1.165) is 13.1 Å². The summed E-state index contributed by atoms with van der Waals surface area (Å²) in [6, 6.07) is -0.0144. The number of thiophene rings is 1. The number of rotatable bonds is 4. The molecule has 24 heavy (non-hydrogen) atoms. The summed E-state index contributed by atoms with van der Waals surface area (Å²) < 4.78 is 10.4. The lowest BCUT2D eigenvalue weighted by atomic mass is 10.2. The van der Waals surface area contributed by atoms with Crippen LogP contribution in [0.1, 0.15) is 40.9 Å². The third-order valence-corrected chi connectivity index (χ3v) is 5.43. The molecule has 7 nitrogen and oxygen atoms in total. The smallest absolute Gasteiger partial charge is 0.348 e. The SMILES string of the molecule is CCOC(=O)c1sc2nc([C@H](C)N3CCOCC3)[nH]c(=O)c2c1C. The Labute approximate surface area is 143 Å². The topological polar surface area (TPSA) is 84.5 Å². The summed E-state index contributed by atoms with van der Waals surface area (Å²) in [5, 5.41) is 0.473. The van der Waals surface area contributed by atoms with Gasteiger partial charge in [0.2, 0.25) is 0 Å². The van der Waals surface area contributed by atoms with Gasteiger partial charge in [0.1, 0.15) is 15.5 Å². The highest BCUT2D eigenvalue weighted by molar-refractivity contribution is 7.20. The molecule has 0 amide bonds. The minimum absolute atomic E-state index is 0.0144. The third-order valence-electron chi connectivity index (χ3n) is 4.27. The lowest BCUT2D eigenvalue weighted by molar-refractivity contribution is 0.0182. The maximum Gasteiger partial charge on any atom is 0.348 e. The number of fused-ring (bicyclic) bond motifs is 1. The second-order valence-electron chi connectivity index (χ2n) is 5.73. The number of aromatic amines is 1. The number of ether oxygens (including phenoxy) is 2. The Morgan fingerprint density at radius 2 is 2.17 bits per heavy atom. The lowest BCUT2D eigenvalue weighted by Crippen LogP contribution is -2.39. The molecule has 1 fully saturated rings. The van der Waals surface area contributed by atoms with E-state index in [-0.39, 0.29) is 11.6 Å². The highest BCUT2D eigenvalue weighted by Gasteiger charge is 2.24. The number of esters is 1. The van der Waals surface area contributed by atoms with E-state index in [1.807, 2.05) is 6.92 Å². The van der Waals surface area contributed by atoms with Crippen LogP contribution in [0.15, 0.2) is 4.79 Å². The van der Waals surface area contributed by atoms with Crippen LogP contribution in [0, 0.1) is 6.92 Å². The molecule has 0 radical (unpaired) electrons. The minimum Gasteiger partial charge on any atom is -0.462 e. The first-order valence-corrected chi connectivity index (χ1v) is 8.86. The van der Waals surface area contributed by atoms with E-state index in [1.54, 1.807) is 13.8 Å². The molecule has 3 rings (SSSR count). The van der Waals surface area contributed by atoms with Crippen LogP contribution in [0.2, 0.25) is 0 Å². The van der Waals surface area contributed by atoms with Gasteiger partial charge in [0.25, 0.3) is 5.56 Å². The van der Waals surface area contributed by atoms with Crippen LogP contribution in [0.25, 0.3) is 10.2 Å². The molecule has 0 unspecified atom stereocenters. The molecule has 2 aromatic rings. The van der Waals surface area contributed by atoms with Gasteiger partial charge in [0.15, 0.2) is 0 Å². The molecule has 2 aromatic heterocycles. The largest absolute Gasteiger partial charge is 0.462 e. The van der Waals surface area contributed by atoms with Gasteiger partial charge in [-0.25, -0.2) is 9.78 Å². The molecule has 1 atom stereocenters. The highest BCUT2D eigenvalue weighted by atomic mass is 32.1. The molecule has 130 valence electrons. The van der Waals surface area contributed by atoms with E-state index in [2.05, 4.69) is 14.9 Å². The van der Waals surface area contributed by atoms with Crippen LogP contribution in [-0.2, 0) is 9.47 Å². The number of nitrogens with zero attached hydrogens (tertiary/aromatic N) is 2. The summed E-state index contributed by atoms with van der Waals surface area (Å²) in [4.78, 5) is 35.3. The van der Waals surface area contributed by atoms with Crippen LogP contribution < -0.4 is 5.56 Å². The second kappa shape index (κ2) is 7.00. The number of aryl methyl sites for hydroxylation is 1.